The van der Waals surface area contributed by atoms with Gasteiger partial charge in [0.1, 0.15) is 19.3 Å². The molecule has 3 unspecified atom stereocenters. The Kier molecular flexibility index (Phi) is 66.5. The van der Waals surface area contributed by atoms with Crippen LogP contribution in [0.25, 0.3) is 0 Å². The van der Waals surface area contributed by atoms with Crippen LogP contribution in [-0.2, 0) is 65.4 Å². The average molecular weight is 1400 g/mol. The van der Waals surface area contributed by atoms with Crippen LogP contribution < -0.4 is 0 Å². The minimum atomic E-state index is -4.96. The second-order valence-electron chi connectivity index (χ2n) is 28.1. The van der Waals surface area contributed by atoms with Crippen molar-refractivity contribution in [3.05, 3.63) is 0 Å². The smallest absolute Gasteiger partial charge is 0.462 e. The van der Waals surface area contributed by atoms with Crippen molar-refractivity contribution in [2.24, 2.45) is 11.8 Å². The van der Waals surface area contributed by atoms with E-state index in [1.165, 1.54) is 212 Å². The highest BCUT2D eigenvalue weighted by atomic mass is 31.2. The zero-order valence-electron chi connectivity index (χ0n) is 62.0. The third-order valence-electron chi connectivity index (χ3n) is 18.1. The monoisotopic (exact) mass is 1400 g/mol. The number of hydrogen-bond donors (Lipinski definition) is 3. The summed E-state index contributed by atoms with van der Waals surface area (Å²) in [5.74, 6) is -0.516. The van der Waals surface area contributed by atoms with Gasteiger partial charge in [-0.05, 0) is 37.5 Å². The van der Waals surface area contributed by atoms with Crippen molar-refractivity contribution in [3.8, 4) is 0 Å². The molecule has 0 fully saturated rings. The summed E-state index contributed by atoms with van der Waals surface area (Å²) in [4.78, 5) is 72.9. The Morgan fingerprint density at radius 2 is 0.537 bits per heavy atom. The van der Waals surface area contributed by atoms with Crippen LogP contribution in [0.4, 0.5) is 0 Å². The lowest BCUT2D eigenvalue weighted by Crippen LogP contribution is -2.30. The predicted octanol–water partition coefficient (Wildman–Crippen LogP) is 22.3. The van der Waals surface area contributed by atoms with Gasteiger partial charge in [0.15, 0.2) is 12.2 Å². The maximum absolute atomic E-state index is 13.1. The van der Waals surface area contributed by atoms with Crippen LogP contribution in [0.1, 0.15) is 395 Å². The van der Waals surface area contributed by atoms with Gasteiger partial charge in [-0.15, -0.1) is 0 Å². The molecule has 17 nitrogen and oxygen atoms in total. The molecule has 0 bridgehead atoms. The van der Waals surface area contributed by atoms with Crippen LogP contribution in [-0.4, -0.2) is 96.7 Å². The molecular weight excluding hydrogens is 1250 g/mol. The maximum Gasteiger partial charge on any atom is 0.472 e. The molecule has 0 saturated heterocycles. The molecule has 0 rings (SSSR count). The second kappa shape index (κ2) is 67.9. The largest absolute Gasteiger partial charge is 0.472 e. The molecule has 0 aromatic rings. The number of phosphoric ester groups is 2. The van der Waals surface area contributed by atoms with E-state index in [1.807, 2.05) is 0 Å². The Labute approximate surface area is 581 Å². The number of aliphatic hydroxyl groups is 1. The summed E-state index contributed by atoms with van der Waals surface area (Å²) in [5, 5.41) is 10.6. The number of carbonyl (C=O) groups is 4. The van der Waals surface area contributed by atoms with Crippen molar-refractivity contribution >= 4 is 39.5 Å². The molecule has 3 N–H and O–H groups in total. The Balaban J connectivity index is 5.27. The van der Waals surface area contributed by atoms with Crippen LogP contribution in [0.3, 0.4) is 0 Å². The fourth-order valence-electron chi connectivity index (χ4n) is 11.6. The van der Waals surface area contributed by atoms with E-state index in [0.717, 1.165) is 102 Å². The van der Waals surface area contributed by atoms with Crippen molar-refractivity contribution in [2.75, 3.05) is 39.6 Å². The van der Waals surface area contributed by atoms with E-state index in [9.17, 15) is 43.2 Å². The maximum atomic E-state index is 13.1. The fourth-order valence-corrected chi connectivity index (χ4v) is 13.2. The molecule has 0 aliphatic rings. The standard InChI is InChI=1S/C76H148O17P2/c1-7-10-12-14-16-18-20-23-28-36-42-48-54-60-75(80)92-71(64-86-73(78)58-52-46-40-34-27-21-19-17-15-13-11-8-2)66-90-94(82,83)88-62-70(77)63-89-95(84,85)91-67-72(65-87-74(79)59-53-47-41-35-31-30-33-39-45-51-57-69(6)9-3)93-76(81)61-55-49-43-37-29-25-22-24-26-32-38-44-50-56-68(4)5/h68-72,77H,7-67H2,1-6H3,(H,82,83)(H,84,85)/t69?,70-,71+,72+/m0/s1. The molecule has 0 saturated carbocycles. The van der Waals surface area contributed by atoms with Crippen LogP contribution in [0, 0.1) is 11.8 Å². The van der Waals surface area contributed by atoms with Crippen LogP contribution >= 0.6 is 15.6 Å². The lowest BCUT2D eigenvalue weighted by atomic mass is 9.99. The number of unbranched alkanes of at least 4 members (excludes halogenated alkanes) is 44. The molecular formula is C76H148O17P2. The van der Waals surface area contributed by atoms with Gasteiger partial charge in [0, 0.05) is 25.7 Å². The number of phosphoric acid groups is 2. The number of ether oxygens (including phenoxy) is 4. The summed E-state index contributed by atoms with van der Waals surface area (Å²) < 4.78 is 68.6. The second-order valence-corrected chi connectivity index (χ2v) is 31.0. The van der Waals surface area contributed by atoms with Gasteiger partial charge in [-0.25, -0.2) is 9.13 Å². The highest BCUT2D eigenvalue weighted by Crippen LogP contribution is 2.45. The molecule has 0 aliphatic heterocycles. The number of hydrogen-bond acceptors (Lipinski definition) is 15. The summed E-state index contributed by atoms with van der Waals surface area (Å²) >= 11 is 0. The fraction of sp³-hybridized carbons (Fsp3) is 0.947. The lowest BCUT2D eigenvalue weighted by molar-refractivity contribution is -0.161. The van der Waals surface area contributed by atoms with Gasteiger partial charge in [-0.1, -0.05) is 343 Å². The van der Waals surface area contributed by atoms with Crippen molar-refractivity contribution in [3.63, 3.8) is 0 Å². The Bertz CT molecular complexity index is 1840. The van der Waals surface area contributed by atoms with Crippen LogP contribution in [0.2, 0.25) is 0 Å². The third kappa shape index (κ3) is 69.0. The molecule has 6 atom stereocenters. The lowest BCUT2D eigenvalue weighted by Gasteiger charge is -2.21. The first-order chi connectivity index (χ1) is 45.9. The molecule has 0 amide bonds. The van der Waals surface area contributed by atoms with E-state index >= 15 is 0 Å². The van der Waals surface area contributed by atoms with Crippen LogP contribution in [0.15, 0.2) is 0 Å². The highest BCUT2D eigenvalue weighted by Gasteiger charge is 2.30. The summed E-state index contributed by atoms with van der Waals surface area (Å²) in [5.41, 5.74) is 0. The van der Waals surface area contributed by atoms with Crippen molar-refractivity contribution in [1.29, 1.82) is 0 Å². The van der Waals surface area contributed by atoms with E-state index in [1.54, 1.807) is 0 Å². The summed E-state index contributed by atoms with van der Waals surface area (Å²) in [6.45, 7) is 9.65. The number of rotatable bonds is 75. The quantitative estimate of drug-likeness (QED) is 0.0222. The number of esters is 4. The highest BCUT2D eigenvalue weighted by molar-refractivity contribution is 7.47. The normalized spacial score (nSPS) is 14.3. The zero-order valence-corrected chi connectivity index (χ0v) is 63.8. The zero-order chi connectivity index (χ0) is 70.0. The van der Waals surface area contributed by atoms with Gasteiger partial charge in [-0.2, -0.15) is 0 Å². The molecule has 19 heteroatoms. The van der Waals surface area contributed by atoms with Crippen molar-refractivity contribution < 1.29 is 80.2 Å². The Morgan fingerprint density at radius 1 is 0.305 bits per heavy atom. The van der Waals surface area contributed by atoms with Gasteiger partial charge in [0.25, 0.3) is 0 Å². The SMILES string of the molecule is CCCCCCCCCCCCCCCC(=O)O[C@H](COC(=O)CCCCCCCCCCCCCC)COP(=O)(O)OC[C@H](O)COP(=O)(O)OC[C@@H](COC(=O)CCCCCCCCCCCCC(C)CC)OC(=O)CCCCCCCCCCCCCCCC(C)C. The van der Waals surface area contributed by atoms with E-state index in [2.05, 4.69) is 41.5 Å². The van der Waals surface area contributed by atoms with Crippen molar-refractivity contribution in [1.82, 2.24) is 0 Å². The molecule has 564 valence electrons. The molecule has 0 spiro atoms. The Hall–Kier alpha value is -1.94. The topological polar surface area (TPSA) is 237 Å². The molecule has 0 aromatic carbocycles. The first kappa shape index (κ1) is 93.1. The van der Waals surface area contributed by atoms with Crippen molar-refractivity contribution in [2.45, 2.75) is 413 Å². The van der Waals surface area contributed by atoms with Crippen LogP contribution in [0.5, 0.6) is 0 Å². The summed E-state index contributed by atoms with van der Waals surface area (Å²) in [7, 11) is -9.91. The molecule has 0 heterocycles. The Morgan fingerprint density at radius 3 is 0.800 bits per heavy atom. The van der Waals surface area contributed by atoms with E-state index in [4.69, 9.17) is 37.0 Å². The van der Waals surface area contributed by atoms with Gasteiger partial charge >= 0.3 is 39.5 Å². The molecule has 0 radical (unpaired) electrons. The predicted molar refractivity (Wildman–Crippen MR) is 386 cm³/mol. The third-order valence-corrected chi connectivity index (χ3v) is 20.0. The number of carbonyl (C=O) groups excluding carboxylic acids is 4. The summed E-state index contributed by atoms with van der Waals surface area (Å²) in [6, 6.07) is 0. The molecule has 95 heavy (non-hydrogen) atoms. The molecule has 0 aliphatic carbocycles. The van der Waals surface area contributed by atoms with Gasteiger partial charge in [0.2, 0.25) is 0 Å². The minimum absolute atomic E-state index is 0.107. The van der Waals surface area contributed by atoms with E-state index in [-0.39, 0.29) is 25.7 Å². The first-order valence-corrected chi connectivity index (χ1v) is 42.5. The van der Waals surface area contributed by atoms with Gasteiger partial charge in [-0.3, -0.25) is 37.3 Å². The van der Waals surface area contributed by atoms with E-state index in [0.29, 0.717) is 25.7 Å². The molecule has 0 aromatic heterocycles. The average Bonchev–Trinajstić information content (AvgIpc) is 2.85. The minimum Gasteiger partial charge on any atom is -0.462 e. The first-order valence-electron chi connectivity index (χ1n) is 39.5. The van der Waals surface area contributed by atoms with E-state index < -0.39 is 97.5 Å². The van der Waals surface area contributed by atoms with Gasteiger partial charge < -0.3 is 33.8 Å². The number of aliphatic hydroxyl groups excluding tert-OH is 1. The summed E-state index contributed by atoms with van der Waals surface area (Å²) in [6.07, 6.45) is 55.2. The van der Waals surface area contributed by atoms with Gasteiger partial charge in [0.05, 0.1) is 26.4 Å².